The van der Waals surface area contributed by atoms with E-state index < -0.39 is 6.10 Å². The van der Waals surface area contributed by atoms with E-state index in [1.54, 1.807) is 0 Å². The molecular formula is C18H27N3O2. The number of hydrogen-bond acceptors (Lipinski definition) is 4. The van der Waals surface area contributed by atoms with Crippen LogP contribution in [0.2, 0.25) is 0 Å². The standard InChI is InChI=1S/C18H27N3O2/c1-3-21-16-9-6-5-8-15(16)19-18(21)17-10-7-11-20(17)12-14(22)13-23-4-2/h5-6,8-9,14,17,22H,3-4,7,10-13H2,1-2H3. The monoisotopic (exact) mass is 317 g/mol. The normalized spacial score (nSPS) is 20.4. The van der Waals surface area contributed by atoms with Crippen molar-refractivity contribution in [2.45, 2.75) is 45.4 Å². The van der Waals surface area contributed by atoms with Crippen LogP contribution in [0.3, 0.4) is 0 Å². The van der Waals surface area contributed by atoms with Gasteiger partial charge in [0.1, 0.15) is 5.82 Å². The first kappa shape index (κ1) is 16.4. The van der Waals surface area contributed by atoms with Gasteiger partial charge in [0.2, 0.25) is 0 Å². The third kappa shape index (κ3) is 3.42. The number of imidazole rings is 1. The van der Waals surface area contributed by atoms with E-state index in [1.807, 2.05) is 13.0 Å². The molecule has 5 heteroatoms. The minimum absolute atomic E-state index is 0.290. The molecule has 0 spiro atoms. The highest BCUT2D eigenvalue weighted by molar-refractivity contribution is 5.76. The van der Waals surface area contributed by atoms with Crippen LogP contribution in [0.15, 0.2) is 24.3 Å². The Morgan fingerprint density at radius 1 is 1.35 bits per heavy atom. The molecule has 0 saturated carbocycles. The van der Waals surface area contributed by atoms with Gasteiger partial charge in [0.25, 0.3) is 0 Å². The number of para-hydroxylation sites is 2. The van der Waals surface area contributed by atoms with Crippen LogP contribution in [0.5, 0.6) is 0 Å². The maximum absolute atomic E-state index is 10.2. The Labute approximate surface area is 137 Å². The molecule has 1 saturated heterocycles. The average molecular weight is 317 g/mol. The highest BCUT2D eigenvalue weighted by Crippen LogP contribution is 2.33. The number of fused-ring (bicyclic) bond motifs is 1. The number of aromatic nitrogens is 2. The van der Waals surface area contributed by atoms with Crippen LogP contribution < -0.4 is 0 Å². The van der Waals surface area contributed by atoms with E-state index in [4.69, 9.17) is 9.72 Å². The van der Waals surface area contributed by atoms with Gasteiger partial charge in [-0.3, -0.25) is 4.90 Å². The highest BCUT2D eigenvalue weighted by atomic mass is 16.5. The van der Waals surface area contributed by atoms with Gasteiger partial charge in [-0.2, -0.15) is 0 Å². The number of likely N-dealkylation sites (tertiary alicyclic amines) is 1. The van der Waals surface area contributed by atoms with Gasteiger partial charge in [0.15, 0.2) is 0 Å². The number of aliphatic hydroxyl groups excluding tert-OH is 1. The summed E-state index contributed by atoms with van der Waals surface area (Å²) in [5.74, 6) is 1.13. The fraction of sp³-hybridized carbons (Fsp3) is 0.611. The molecule has 2 atom stereocenters. The van der Waals surface area contributed by atoms with Gasteiger partial charge in [0.05, 0.1) is 29.8 Å². The van der Waals surface area contributed by atoms with Crippen LogP contribution in [-0.2, 0) is 11.3 Å². The molecule has 3 rings (SSSR count). The Morgan fingerprint density at radius 3 is 2.96 bits per heavy atom. The SMILES string of the molecule is CCOCC(O)CN1CCCC1c1nc2ccccc2n1CC. The molecule has 2 unspecified atom stereocenters. The second-order valence-electron chi connectivity index (χ2n) is 6.17. The maximum atomic E-state index is 10.2. The summed E-state index contributed by atoms with van der Waals surface area (Å²) >= 11 is 0. The highest BCUT2D eigenvalue weighted by Gasteiger charge is 2.31. The van der Waals surface area contributed by atoms with E-state index in [0.717, 1.165) is 37.3 Å². The minimum Gasteiger partial charge on any atom is -0.389 e. The van der Waals surface area contributed by atoms with E-state index in [2.05, 4.69) is 34.6 Å². The largest absolute Gasteiger partial charge is 0.389 e. The molecule has 2 aromatic rings. The van der Waals surface area contributed by atoms with Crippen molar-refractivity contribution in [3.63, 3.8) is 0 Å². The third-order valence-corrected chi connectivity index (χ3v) is 4.62. The van der Waals surface area contributed by atoms with E-state index in [1.165, 1.54) is 5.52 Å². The molecule has 0 aliphatic carbocycles. The van der Waals surface area contributed by atoms with Crippen molar-refractivity contribution in [2.24, 2.45) is 0 Å². The Kier molecular flexibility index (Phi) is 5.30. The third-order valence-electron chi connectivity index (χ3n) is 4.62. The number of rotatable bonds is 7. The number of aliphatic hydroxyl groups is 1. The summed E-state index contributed by atoms with van der Waals surface area (Å²) in [4.78, 5) is 7.25. The lowest BCUT2D eigenvalue weighted by Crippen LogP contribution is -2.35. The summed E-state index contributed by atoms with van der Waals surface area (Å²) in [6.45, 7) is 7.76. The number of hydrogen-bond donors (Lipinski definition) is 1. The minimum atomic E-state index is -0.435. The second kappa shape index (κ2) is 7.43. The van der Waals surface area contributed by atoms with Gasteiger partial charge in [-0.15, -0.1) is 0 Å². The van der Waals surface area contributed by atoms with E-state index >= 15 is 0 Å². The molecule has 1 fully saturated rings. The van der Waals surface area contributed by atoms with Crippen molar-refractivity contribution >= 4 is 11.0 Å². The van der Waals surface area contributed by atoms with E-state index in [0.29, 0.717) is 25.8 Å². The fourth-order valence-corrected chi connectivity index (χ4v) is 3.60. The molecule has 1 aliphatic rings. The van der Waals surface area contributed by atoms with Crippen molar-refractivity contribution < 1.29 is 9.84 Å². The zero-order chi connectivity index (χ0) is 16.2. The molecule has 1 N–H and O–H groups in total. The number of aryl methyl sites for hydroxylation is 1. The number of β-amino-alcohol motifs (C(OH)–C–C–N with tert-alkyl or cyclic N) is 1. The summed E-state index contributed by atoms with van der Waals surface area (Å²) < 4.78 is 7.65. The Hall–Kier alpha value is -1.43. The molecule has 0 radical (unpaired) electrons. The molecule has 5 nitrogen and oxygen atoms in total. The predicted octanol–water partition coefficient (Wildman–Crippen LogP) is 2.59. The summed E-state index contributed by atoms with van der Waals surface area (Å²) in [7, 11) is 0. The predicted molar refractivity (Wildman–Crippen MR) is 91.5 cm³/mol. The van der Waals surface area contributed by atoms with Crippen molar-refractivity contribution in [3.8, 4) is 0 Å². The summed E-state index contributed by atoms with van der Waals surface area (Å²) in [5, 5.41) is 10.2. The van der Waals surface area contributed by atoms with Crippen molar-refractivity contribution in [1.29, 1.82) is 0 Å². The molecule has 1 aliphatic heterocycles. The zero-order valence-corrected chi connectivity index (χ0v) is 14.1. The van der Waals surface area contributed by atoms with Gasteiger partial charge in [-0.25, -0.2) is 4.98 Å². The van der Waals surface area contributed by atoms with Crippen molar-refractivity contribution in [2.75, 3.05) is 26.3 Å². The van der Waals surface area contributed by atoms with Crippen LogP contribution >= 0.6 is 0 Å². The molecular weight excluding hydrogens is 290 g/mol. The maximum Gasteiger partial charge on any atom is 0.127 e. The van der Waals surface area contributed by atoms with E-state index in [9.17, 15) is 5.11 Å². The quantitative estimate of drug-likeness (QED) is 0.853. The zero-order valence-electron chi connectivity index (χ0n) is 14.1. The van der Waals surface area contributed by atoms with Gasteiger partial charge < -0.3 is 14.4 Å². The Balaban J connectivity index is 1.82. The lowest BCUT2D eigenvalue weighted by atomic mass is 10.2. The summed E-state index contributed by atoms with van der Waals surface area (Å²) in [6.07, 6.45) is 1.82. The molecule has 126 valence electrons. The second-order valence-corrected chi connectivity index (χ2v) is 6.17. The van der Waals surface area contributed by atoms with Crippen LogP contribution in [0, 0.1) is 0 Å². The van der Waals surface area contributed by atoms with Crippen LogP contribution in [0.1, 0.15) is 38.6 Å². The Bertz CT molecular complexity index is 640. The number of ether oxygens (including phenoxy) is 1. The first-order valence-electron chi connectivity index (χ1n) is 8.69. The molecule has 0 amide bonds. The topological polar surface area (TPSA) is 50.5 Å². The first-order chi connectivity index (χ1) is 11.2. The first-order valence-corrected chi connectivity index (χ1v) is 8.69. The van der Waals surface area contributed by atoms with Gasteiger partial charge >= 0.3 is 0 Å². The van der Waals surface area contributed by atoms with E-state index in [-0.39, 0.29) is 0 Å². The average Bonchev–Trinajstić information content (AvgIpc) is 3.16. The lowest BCUT2D eigenvalue weighted by Gasteiger charge is -2.26. The molecule has 1 aromatic carbocycles. The molecule has 0 bridgehead atoms. The van der Waals surface area contributed by atoms with Gasteiger partial charge in [-0.1, -0.05) is 12.1 Å². The molecule has 2 heterocycles. The summed E-state index contributed by atoms with van der Waals surface area (Å²) in [6, 6.07) is 8.61. The number of benzene rings is 1. The van der Waals surface area contributed by atoms with Crippen LogP contribution in [0.25, 0.3) is 11.0 Å². The van der Waals surface area contributed by atoms with Crippen molar-refractivity contribution in [3.05, 3.63) is 30.1 Å². The fourth-order valence-electron chi connectivity index (χ4n) is 3.60. The molecule has 1 aromatic heterocycles. The Morgan fingerprint density at radius 2 is 2.17 bits per heavy atom. The van der Waals surface area contributed by atoms with Gasteiger partial charge in [0, 0.05) is 19.7 Å². The van der Waals surface area contributed by atoms with Gasteiger partial charge in [-0.05, 0) is 45.4 Å². The lowest BCUT2D eigenvalue weighted by molar-refractivity contribution is 0.0178. The number of nitrogens with zero attached hydrogens (tertiary/aromatic N) is 3. The van der Waals surface area contributed by atoms with Crippen LogP contribution in [0.4, 0.5) is 0 Å². The van der Waals surface area contributed by atoms with Crippen molar-refractivity contribution in [1.82, 2.24) is 14.5 Å². The smallest absolute Gasteiger partial charge is 0.127 e. The molecule has 23 heavy (non-hydrogen) atoms. The summed E-state index contributed by atoms with van der Waals surface area (Å²) in [5.41, 5.74) is 2.26. The van der Waals surface area contributed by atoms with Crippen LogP contribution in [-0.4, -0.2) is 52.0 Å².